The lowest BCUT2D eigenvalue weighted by Gasteiger charge is -2.25. The molecule has 1 saturated heterocycles. The van der Waals surface area contributed by atoms with Gasteiger partial charge in [0, 0.05) is 18.9 Å². The van der Waals surface area contributed by atoms with E-state index in [4.69, 9.17) is 4.74 Å². The minimum Gasteiger partial charge on any atom is -0.497 e. The molecular formula is C19H20N6O3. The van der Waals surface area contributed by atoms with E-state index < -0.39 is 5.91 Å². The van der Waals surface area contributed by atoms with E-state index in [1.54, 1.807) is 30.5 Å². The standard InChI is InChI=1S/C19H20N6O3/c1-28-14-7-5-13(6-8-14)15-4-2-10-24(15)16(26)12-21-18(27)17-22-19-20-9-3-11-25(19)23-17/h3,5-9,11,15H,2,4,10,12H2,1H3,(H,21,27)/t15-/m1/s1. The maximum atomic E-state index is 12.7. The molecule has 0 aliphatic carbocycles. The highest BCUT2D eigenvalue weighted by molar-refractivity contribution is 5.93. The van der Waals surface area contributed by atoms with Crippen LogP contribution in [0.25, 0.3) is 5.78 Å². The Labute approximate surface area is 161 Å². The quantitative estimate of drug-likeness (QED) is 0.714. The Morgan fingerprint density at radius 3 is 2.86 bits per heavy atom. The predicted octanol–water partition coefficient (Wildman–Crippen LogP) is 1.23. The molecule has 1 atom stereocenters. The molecule has 1 N–H and O–H groups in total. The van der Waals surface area contributed by atoms with Gasteiger partial charge in [-0.2, -0.15) is 4.98 Å². The van der Waals surface area contributed by atoms with Gasteiger partial charge in [-0.05, 0) is 36.6 Å². The molecule has 3 aromatic rings. The number of rotatable bonds is 5. The zero-order valence-electron chi connectivity index (χ0n) is 15.4. The fraction of sp³-hybridized carbons (Fsp3) is 0.316. The first-order valence-electron chi connectivity index (χ1n) is 9.05. The van der Waals surface area contributed by atoms with Crippen molar-refractivity contribution in [3.63, 3.8) is 0 Å². The number of methoxy groups -OCH3 is 1. The van der Waals surface area contributed by atoms with Crippen LogP contribution in [0.1, 0.15) is 35.1 Å². The van der Waals surface area contributed by atoms with Crippen molar-refractivity contribution in [2.75, 3.05) is 20.2 Å². The summed E-state index contributed by atoms with van der Waals surface area (Å²) in [5, 5.41) is 6.67. The van der Waals surface area contributed by atoms with Gasteiger partial charge in [-0.15, -0.1) is 5.10 Å². The maximum absolute atomic E-state index is 12.7. The number of hydrogen-bond donors (Lipinski definition) is 1. The first-order chi connectivity index (χ1) is 13.7. The third kappa shape index (κ3) is 3.51. The van der Waals surface area contributed by atoms with Gasteiger partial charge in [-0.3, -0.25) is 9.59 Å². The lowest BCUT2D eigenvalue weighted by atomic mass is 10.0. The second-order valence-corrected chi connectivity index (χ2v) is 6.50. The second-order valence-electron chi connectivity index (χ2n) is 6.50. The maximum Gasteiger partial charge on any atom is 0.291 e. The summed E-state index contributed by atoms with van der Waals surface area (Å²) in [5.41, 5.74) is 1.06. The van der Waals surface area contributed by atoms with E-state index in [2.05, 4.69) is 20.4 Å². The molecular weight excluding hydrogens is 360 g/mol. The second kappa shape index (κ2) is 7.63. The Balaban J connectivity index is 1.40. The van der Waals surface area contributed by atoms with Crippen molar-refractivity contribution in [3.8, 4) is 5.75 Å². The van der Waals surface area contributed by atoms with E-state index >= 15 is 0 Å². The van der Waals surface area contributed by atoms with Crippen molar-refractivity contribution in [1.82, 2.24) is 29.8 Å². The van der Waals surface area contributed by atoms with Crippen LogP contribution in [0, 0.1) is 0 Å². The van der Waals surface area contributed by atoms with Crippen molar-refractivity contribution in [3.05, 3.63) is 54.1 Å². The van der Waals surface area contributed by atoms with Gasteiger partial charge in [0.2, 0.25) is 11.7 Å². The van der Waals surface area contributed by atoms with Gasteiger partial charge in [0.1, 0.15) is 5.75 Å². The average molecular weight is 380 g/mol. The third-order valence-corrected chi connectivity index (χ3v) is 4.79. The summed E-state index contributed by atoms with van der Waals surface area (Å²) in [4.78, 5) is 34.9. The van der Waals surface area contributed by atoms with Crippen molar-refractivity contribution in [2.45, 2.75) is 18.9 Å². The predicted molar refractivity (Wildman–Crippen MR) is 99.8 cm³/mol. The van der Waals surface area contributed by atoms with E-state index in [9.17, 15) is 9.59 Å². The van der Waals surface area contributed by atoms with Crippen LogP contribution in [0.4, 0.5) is 0 Å². The molecule has 4 rings (SSSR count). The molecule has 1 aromatic carbocycles. The van der Waals surface area contributed by atoms with Crippen LogP contribution in [-0.2, 0) is 4.79 Å². The Kier molecular flexibility index (Phi) is 4.88. The van der Waals surface area contributed by atoms with Gasteiger partial charge in [-0.25, -0.2) is 9.50 Å². The Morgan fingerprint density at radius 1 is 1.29 bits per heavy atom. The average Bonchev–Trinajstić information content (AvgIpc) is 3.39. The van der Waals surface area contributed by atoms with Crippen molar-refractivity contribution >= 4 is 17.6 Å². The summed E-state index contributed by atoms with van der Waals surface area (Å²) < 4.78 is 6.60. The Bertz CT molecular complexity index is 967. The number of nitrogens with zero attached hydrogens (tertiary/aromatic N) is 5. The highest BCUT2D eigenvalue weighted by atomic mass is 16.5. The SMILES string of the molecule is COc1ccc([C@H]2CCCN2C(=O)CNC(=O)c2nc3ncccn3n2)cc1. The number of nitrogens with one attached hydrogen (secondary N) is 1. The van der Waals surface area contributed by atoms with Gasteiger partial charge in [-0.1, -0.05) is 12.1 Å². The molecule has 0 bridgehead atoms. The molecule has 9 heteroatoms. The number of ether oxygens (including phenoxy) is 1. The molecule has 0 spiro atoms. The van der Waals surface area contributed by atoms with Gasteiger partial charge in [0.05, 0.1) is 19.7 Å². The Morgan fingerprint density at radius 2 is 2.11 bits per heavy atom. The molecule has 1 aliphatic heterocycles. The summed E-state index contributed by atoms with van der Waals surface area (Å²) in [6.45, 7) is 0.566. The van der Waals surface area contributed by atoms with Crippen LogP contribution >= 0.6 is 0 Å². The molecule has 0 radical (unpaired) electrons. The number of amides is 2. The number of likely N-dealkylation sites (tertiary alicyclic amines) is 1. The summed E-state index contributed by atoms with van der Waals surface area (Å²) in [7, 11) is 1.62. The van der Waals surface area contributed by atoms with Crippen molar-refractivity contribution < 1.29 is 14.3 Å². The van der Waals surface area contributed by atoms with E-state index in [0.717, 1.165) is 24.2 Å². The first-order valence-corrected chi connectivity index (χ1v) is 9.05. The molecule has 144 valence electrons. The zero-order chi connectivity index (χ0) is 19.5. The summed E-state index contributed by atoms with van der Waals surface area (Å²) >= 11 is 0. The fourth-order valence-electron chi connectivity index (χ4n) is 3.40. The van der Waals surface area contributed by atoms with E-state index in [-0.39, 0.29) is 24.3 Å². The molecule has 0 unspecified atom stereocenters. The normalized spacial score (nSPS) is 16.3. The van der Waals surface area contributed by atoms with E-state index in [1.165, 1.54) is 4.52 Å². The summed E-state index contributed by atoms with van der Waals surface area (Å²) in [6, 6.07) is 9.43. The summed E-state index contributed by atoms with van der Waals surface area (Å²) in [6.07, 6.45) is 5.05. The number of benzene rings is 1. The molecule has 2 amide bonds. The fourth-order valence-corrected chi connectivity index (χ4v) is 3.40. The zero-order valence-corrected chi connectivity index (χ0v) is 15.4. The van der Waals surface area contributed by atoms with E-state index in [1.807, 2.05) is 24.3 Å². The monoisotopic (exact) mass is 380 g/mol. The lowest BCUT2D eigenvalue weighted by Crippen LogP contribution is -2.40. The van der Waals surface area contributed by atoms with Crippen LogP contribution in [0.15, 0.2) is 42.7 Å². The Hall–Kier alpha value is -3.49. The number of carbonyl (C=O) groups excluding carboxylic acids is 2. The number of hydrogen-bond acceptors (Lipinski definition) is 6. The molecule has 0 saturated carbocycles. The van der Waals surface area contributed by atoms with Crippen molar-refractivity contribution in [1.29, 1.82) is 0 Å². The van der Waals surface area contributed by atoms with Crippen LogP contribution in [0.5, 0.6) is 5.75 Å². The third-order valence-electron chi connectivity index (χ3n) is 4.79. The summed E-state index contributed by atoms with van der Waals surface area (Å²) in [5.74, 6) is 0.464. The molecule has 1 aliphatic rings. The largest absolute Gasteiger partial charge is 0.497 e. The molecule has 1 fully saturated rings. The van der Waals surface area contributed by atoms with Crippen LogP contribution in [0.2, 0.25) is 0 Å². The number of carbonyl (C=O) groups is 2. The van der Waals surface area contributed by atoms with Gasteiger partial charge in [0.25, 0.3) is 11.7 Å². The minimum atomic E-state index is -0.501. The molecule has 9 nitrogen and oxygen atoms in total. The molecule has 2 aromatic heterocycles. The van der Waals surface area contributed by atoms with Gasteiger partial charge in [0.15, 0.2) is 0 Å². The van der Waals surface area contributed by atoms with Gasteiger partial charge < -0.3 is 15.0 Å². The molecule has 28 heavy (non-hydrogen) atoms. The number of aromatic nitrogens is 4. The molecule has 3 heterocycles. The lowest BCUT2D eigenvalue weighted by molar-refractivity contribution is -0.131. The van der Waals surface area contributed by atoms with E-state index in [0.29, 0.717) is 12.3 Å². The van der Waals surface area contributed by atoms with Crippen LogP contribution in [0.3, 0.4) is 0 Å². The topological polar surface area (TPSA) is 102 Å². The minimum absolute atomic E-state index is 0.00725. The van der Waals surface area contributed by atoms with Crippen molar-refractivity contribution in [2.24, 2.45) is 0 Å². The highest BCUT2D eigenvalue weighted by Crippen LogP contribution is 2.32. The first kappa shape index (κ1) is 17.9. The number of fused-ring (bicyclic) bond motifs is 1. The highest BCUT2D eigenvalue weighted by Gasteiger charge is 2.30. The van der Waals surface area contributed by atoms with Crippen LogP contribution < -0.4 is 10.1 Å². The smallest absolute Gasteiger partial charge is 0.291 e. The van der Waals surface area contributed by atoms with Crippen LogP contribution in [-0.4, -0.2) is 56.5 Å². The van der Waals surface area contributed by atoms with Gasteiger partial charge >= 0.3 is 0 Å².